The molecule has 186 valence electrons. The van der Waals surface area contributed by atoms with Gasteiger partial charge in [-0.25, -0.2) is 9.48 Å². The average Bonchev–Trinajstić information content (AvgIpc) is 3.49. The van der Waals surface area contributed by atoms with E-state index in [2.05, 4.69) is 9.47 Å². The Morgan fingerprint density at radius 1 is 1.14 bits per heavy atom. The number of halogens is 2. The molecule has 0 amide bonds. The number of hydrogen-bond donors (Lipinski definition) is 1. The molecule has 0 aliphatic heterocycles. The zero-order valence-corrected chi connectivity index (χ0v) is 22.1. The Labute approximate surface area is 227 Å². The van der Waals surface area contributed by atoms with Crippen molar-refractivity contribution in [2.24, 2.45) is 0 Å². The number of para-hydroxylation sites is 1. The van der Waals surface area contributed by atoms with Gasteiger partial charge in [-0.3, -0.25) is 0 Å². The van der Waals surface area contributed by atoms with Gasteiger partial charge in [0, 0.05) is 10.9 Å². The molecule has 0 unspecified atom stereocenters. The lowest BCUT2D eigenvalue weighted by Gasteiger charge is -2.15. The number of rotatable bonds is 7. The Balaban J connectivity index is 1.28. The van der Waals surface area contributed by atoms with Gasteiger partial charge in [0.15, 0.2) is 5.69 Å². The molecule has 0 spiro atoms. The highest BCUT2D eigenvalue weighted by atomic mass is 35.5. The fourth-order valence-electron chi connectivity index (χ4n) is 4.61. The summed E-state index contributed by atoms with van der Waals surface area (Å²) in [7, 11) is 0. The molecule has 9 heteroatoms. The summed E-state index contributed by atoms with van der Waals surface area (Å²) in [6.07, 6.45) is 4.18. The number of hydrogen-bond acceptors (Lipinski definition) is 5. The molecular weight excluding hydrogens is 529 g/mol. The molecule has 1 fully saturated rings. The van der Waals surface area contributed by atoms with Crippen LogP contribution in [0.25, 0.3) is 26.9 Å². The predicted molar refractivity (Wildman–Crippen MR) is 147 cm³/mol. The van der Waals surface area contributed by atoms with Crippen LogP contribution < -0.4 is 4.74 Å². The molecule has 3 aromatic carbocycles. The van der Waals surface area contributed by atoms with Crippen LogP contribution in [-0.2, 0) is 6.61 Å². The Morgan fingerprint density at radius 2 is 1.92 bits per heavy atom. The third-order valence-electron chi connectivity index (χ3n) is 6.63. The lowest BCUT2D eigenvalue weighted by molar-refractivity contribution is 0.0694. The highest BCUT2D eigenvalue weighted by molar-refractivity contribution is 7.13. The van der Waals surface area contributed by atoms with Gasteiger partial charge in [-0.2, -0.15) is 9.47 Å². The minimum absolute atomic E-state index is 0.0925. The van der Waals surface area contributed by atoms with E-state index >= 15 is 0 Å². The van der Waals surface area contributed by atoms with E-state index in [-0.39, 0.29) is 5.69 Å². The van der Waals surface area contributed by atoms with Crippen LogP contribution in [0.5, 0.6) is 5.75 Å². The van der Waals surface area contributed by atoms with Crippen LogP contribution in [0.4, 0.5) is 0 Å². The normalized spacial score (nSPS) is 13.3. The molecule has 2 aromatic heterocycles. The molecule has 6 rings (SSSR count). The number of carboxylic acid groups (broad SMARTS) is 1. The van der Waals surface area contributed by atoms with Crippen LogP contribution >= 0.6 is 34.7 Å². The second kappa shape index (κ2) is 9.49. The maximum Gasteiger partial charge on any atom is 0.356 e. The van der Waals surface area contributed by atoms with Crippen molar-refractivity contribution in [2.45, 2.75) is 32.3 Å². The number of carbonyl (C=O) groups is 1. The molecule has 1 saturated carbocycles. The molecule has 6 nitrogen and oxygen atoms in total. The zero-order valence-electron chi connectivity index (χ0n) is 19.7. The summed E-state index contributed by atoms with van der Waals surface area (Å²) in [5, 5.41) is 15.7. The van der Waals surface area contributed by atoms with Crippen LogP contribution in [0.15, 0.2) is 60.8 Å². The second-order valence-corrected chi connectivity index (χ2v) is 10.7. The van der Waals surface area contributed by atoms with Crippen LogP contribution in [0.1, 0.15) is 46.1 Å². The predicted octanol–water partition coefficient (Wildman–Crippen LogP) is 7.92. The lowest BCUT2D eigenvalue weighted by Crippen LogP contribution is -2.08. The summed E-state index contributed by atoms with van der Waals surface area (Å²) < 4.78 is 13.0. The Kier molecular flexibility index (Phi) is 6.15. The quantitative estimate of drug-likeness (QED) is 0.223. The number of nitrogens with zero attached hydrogens (tertiary/aromatic N) is 3. The van der Waals surface area contributed by atoms with E-state index in [0.29, 0.717) is 33.6 Å². The largest absolute Gasteiger partial charge is 0.487 e. The molecule has 37 heavy (non-hydrogen) atoms. The van der Waals surface area contributed by atoms with Gasteiger partial charge in [-0.15, -0.1) is 0 Å². The first kappa shape index (κ1) is 24.0. The summed E-state index contributed by atoms with van der Waals surface area (Å²) in [4.78, 5) is 11.4. The minimum Gasteiger partial charge on any atom is -0.487 e. The smallest absolute Gasteiger partial charge is 0.356 e. The molecule has 1 aliphatic carbocycles. The molecule has 0 atom stereocenters. The number of fused-ring (bicyclic) bond motifs is 1. The number of aromatic carboxylic acids is 1. The molecule has 0 bridgehead atoms. The molecule has 0 radical (unpaired) electrons. The molecule has 1 N–H and O–H groups in total. The summed E-state index contributed by atoms with van der Waals surface area (Å²) in [5.41, 5.74) is 5.96. The van der Waals surface area contributed by atoms with Gasteiger partial charge < -0.3 is 9.84 Å². The van der Waals surface area contributed by atoms with E-state index < -0.39 is 5.97 Å². The van der Waals surface area contributed by atoms with E-state index in [1.807, 2.05) is 55.6 Å². The van der Waals surface area contributed by atoms with Crippen LogP contribution in [0, 0.1) is 6.92 Å². The molecule has 0 saturated heterocycles. The van der Waals surface area contributed by atoms with Crippen LogP contribution in [-0.4, -0.2) is 25.2 Å². The number of aryl methyl sites for hydroxylation is 1. The number of carboxylic acids is 1. The molecule has 5 aromatic rings. The van der Waals surface area contributed by atoms with E-state index in [4.69, 9.17) is 27.9 Å². The highest BCUT2D eigenvalue weighted by Gasteiger charge is 2.30. The standard InChI is InChI=1S/C28H21Cl2N3O3S/c1-15-11-18(8-10-19(15)17-7-9-20-25(12-17)37-32-26(20)28(34)35)36-14-24-21(16-5-6-16)13-31-33(24)27-22(29)3-2-4-23(27)30/h2-4,7-13,16H,5-6,14H2,1H3,(H,34,35). The van der Waals surface area contributed by atoms with E-state index in [1.165, 1.54) is 17.1 Å². The van der Waals surface area contributed by atoms with E-state index in [1.54, 1.807) is 16.8 Å². The Hall–Kier alpha value is -3.39. The van der Waals surface area contributed by atoms with Crippen molar-refractivity contribution in [2.75, 3.05) is 0 Å². The highest BCUT2D eigenvalue weighted by Crippen LogP contribution is 2.43. The molecular formula is C28H21Cl2N3O3S. The molecule has 1 aliphatic rings. The summed E-state index contributed by atoms with van der Waals surface area (Å²) in [6.45, 7) is 2.36. The van der Waals surface area contributed by atoms with Gasteiger partial charge in [-0.05, 0) is 84.2 Å². The number of ether oxygens (including phenoxy) is 1. The fourth-order valence-corrected chi connectivity index (χ4v) is 5.98. The average molecular weight is 550 g/mol. The molecule has 2 heterocycles. The van der Waals surface area contributed by atoms with Crippen LogP contribution in [0.3, 0.4) is 0 Å². The first-order chi connectivity index (χ1) is 17.9. The first-order valence-corrected chi connectivity index (χ1v) is 13.3. The topological polar surface area (TPSA) is 77.2 Å². The third-order valence-corrected chi connectivity index (χ3v) is 8.05. The van der Waals surface area contributed by atoms with Crippen molar-refractivity contribution in [3.8, 4) is 22.6 Å². The maximum absolute atomic E-state index is 11.4. The first-order valence-electron chi connectivity index (χ1n) is 11.8. The van der Waals surface area contributed by atoms with Crippen LogP contribution in [0.2, 0.25) is 10.0 Å². The Bertz CT molecular complexity index is 1650. The summed E-state index contributed by atoms with van der Waals surface area (Å²) in [6, 6.07) is 17.1. The van der Waals surface area contributed by atoms with Gasteiger partial charge >= 0.3 is 5.97 Å². The second-order valence-electron chi connectivity index (χ2n) is 9.12. The van der Waals surface area contributed by atoms with E-state index in [0.717, 1.165) is 45.7 Å². The number of aromatic nitrogens is 3. The van der Waals surface area contributed by atoms with Gasteiger partial charge in [0.05, 0.1) is 26.6 Å². The SMILES string of the molecule is Cc1cc(OCc2c(C3CC3)cnn2-c2c(Cl)cccc2Cl)ccc1-c1ccc2c(C(=O)O)nsc2c1. The maximum atomic E-state index is 11.4. The summed E-state index contributed by atoms with van der Waals surface area (Å²) >= 11 is 14.2. The monoisotopic (exact) mass is 549 g/mol. The third kappa shape index (κ3) is 4.48. The van der Waals surface area contributed by atoms with Gasteiger partial charge in [0.1, 0.15) is 18.0 Å². The minimum atomic E-state index is -1.01. The van der Waals surface area contributed by atoms with Crippen molar-refractivity contribution in [3.05, 3.63) is 93.4 Å². The van der Waals surface area contributed by atoms with Gasteiger partial charge in [-0.1, -0.05) is 47.5 Å². The summed E-state index contributed by atoms with van der Waals surface area (Å²) in [5.74, 6) is 0.216. The van der Waals surface area contributed by atoms with Crippen molar-refractivity contribution < 1.29 is 14.6 Å². The van der Waals surface area contributed by atoms with Crippen molar-refractivity contribution in [1.29, 1.82) is 0 Å². The van der Waals surface area contributed by atoms with Gasteiger partial charge in [0.25, 0.3) is 0 Å². The van der Waals surface area contributed by atoms with Crippen molar-refractivity contribution in [1.82, 2.24) is 14.2 Å². The van der Waals surface area contributed by atoms with Crippen molar-refractivity contribution >= 4 is 50.8 Å². The Morgan fingerprint density at radius 3 is 2.62 bits per heavy atom. The lowest BCUT2D eigenvalue weighted by atomic mass is 9.99. The van der Waals surface area contributed by atoms with Crippen molar-refractivity contribution in [3.63, 3.8) is 0 Å². The number of benzene rings is 3. The van der Waals surface area contributed by atoms with Gasteiger partial charge in [0.2, 0.25) is 0 Å². The van der Waals surface area contributed by atoms with E-state index in [9.17, 15) is 9.90 Å². The zero-order chi connectivity index (χ0) is 25.7. The fraction of sp³-hybridized carbons (Fsp3) is 0.179.